The van der Waals surface area contributed by atoms with E-state index in [4.69, 9.17) is 0 Å². The van der Waals surface area contributed by atoms with Gasteiger partial charge in [0.1, 0.15) is 0 Å². The van der Waals surface area contributed by atoms with E-state index in [9.17, 15) is 0 Å². The van der Waals surface area contributed by atoms with E-state index < -0.39 is 0 Å². The zero-order valence-corrected chi connectivity index (χ0v) is 9.94. The molecule has 0 spiro atoms. The van der Waals surface area contributed by atoms with Crippen molar-refractivity contribution >= 4 is 16.9 Å². The largest absolute Gasteiger partial charge is 0.365 e. The summed E-state index contributed by atoms with van der Waals surface area (Å²) in [5.74, 6) is 1.67. The zero-order chi connectivity index (χ0) is 9.97. The van der Waals surface area contributed by atoms with Crippen molar-refractivity contribution in [2.45, 2.75) is 38.4 Å². The molecule has 0 aromatic rings. The summed E-state index contributed by atoms with van der Waals surface area (Å²) in [5, 5.41) is 5.38. The molecule has 1 aliphatic heterocycles. The first-order chi connectivity index (χ1) is 6.75. The Labute approximate surface area is 90.9 Å². The number of nitrogens with zero attached hydrogens (tertiary/aromatic N) is 1. The predicted octanol–water partition coefficient (Wildman–Crippen LogP) is 2.50. The normalized spacial score (nSPS) is 27.6. The number of hydrogen-bond donors (Lipinski definition) is 1. The summed E-state index contributed by atoms with van der Waals surface area (Å²) < 4.78 is 0. The molecule has 14 heavy (non-hydrogen) atoms. The standard InChI is InChI=1S/C11H20N2S/c1-8(2)10-7-13-11(14-10)12-6-9-4-3-5-9/h8-10H,3-7H2,1-2H3,(H,12,13). The number of thioether (sulfide) groups is 1. The molecule has 1 heterocycles. The Morgan fingerprint density at radius 3 is 2.79 bits per heavy atom. The molecular weight excluding hydrogens is 192 g/mol. The van der Waals surface area contributed by atoms with Crippen LogP contribution in [-0.4, -0.2) is 23.5 Å². The summed E-state index contributed by atoms with van der Waals surface area (Å²) in [7, 11) is 0. The number of rotatable bonds is 3. The number of hydrogen-bond acceptors (Lipinski definition) is 3. The quantitative estimate of drug-likeness (QED) is 0.777. The second kappa shape index (κ2) is 4.56. The van der Waals surface area contributed by atoms with Gasteiger partial charge in [0.2, 0.25) is 0 Å². The molecule has 0 radical (unpaired) electrons. The summed E-state index contributed by atoms with van der Waals surface area (Å²) in [6.45, 7) is 6.72. The molecule has 1 saturated carbocycles. The van der Waals surface area contributed by atoms with Crippen LogP contribution < -0.4 is 5.32 Å². The minimum Gasteiger partial charge on any atom is -0.365 e. The summed E-state index contributed by atoms with van der Waals surface area (Å²) in [6.07, 6.45) is 4.26. The van der Waals surface area contributed by atoms with E-state index in [1.165, 1.54) is 24.4 Å². The highest BCUT2D eigenvalue weighted by molar-refractivity contribution is 8.14. The van der Waals surface area contributed by atoms with Gasteiger partial charge >= 0.3 is 0 Å². The molecule has 0 amide bonds. The summed E-state index contributed by atoms with van der Waals surface area (Å²) in [5.41, 5.74) is 0. The third-order valence-corrected chi connectivity index (χ3v) is 4.68. The van der Waals surface area contributed by atoms with Gasteiger partial charge in [0.15, 0.2) is 5.17 Å². The van der Waals surface area contributed by atoms with Crippen molar-refractivity contribution < 1.29 is 0 Å². The molecule has 1 aliphatic carbocycles. The van der Waals surface area contributed by atoms with Crippen LogP contribution >= 0.6 is 11.8 Å². The Hall–Kier alpha value is -0.180. The molecule has 2 aliphatic rings. The Morgan fingerprint density at radius 1 is 1.50 bits per heavy atom. The highest BCUT2D eigenvalue weighted by Crippen LogP contribution is 2.28. The summed E-state index contributed by atoms with van der Waals surface area (Å²) in [6, 6.07) is 0. The first-order valence-electron chi connectivity index (χ1n) is 5.70. The van der Waals surface area contributed by atoms with Crippen molar-refractivity contribution in [3.8, 4) is 0 Å². The molecule has 0 bridgehead atoms. The SMILES string of the molecule is CC(C)C1CN=C(NCC2CCC2)S1. The fourth-order valence-corrected chi connectivity index (χ4v) is 2.79. The van der Waals surface area contributed by atoms with Crippen molar-refractivity contribution in [2.75, 3.05) is 13.1 Å². The topological polar surface area (TPSA) is 24.4 Å². The van der Waals surface area contributed by atoms with Gasteiger partial charge in [0, 0.05) is 11.8 Å². The number of amidine groups is 1. The first-order valence-corrected chi connectivity index (χ1v) is 6.58. The van der Waals surface area contributed by atoms with E-state index in [0.29, 0.717) is 5.25 Å². The molecule has 80 valence electrons. The molecule has 1 atom stereocenters. The van der Waals surface area contributed by atoms with E-state index >= 15 is 0 Å². The van der Waals surface area contributed by atoms with E-state index in [1.54, 1.807) is 0 Å². The summed E-state index contributed by atoms with van der Waals surface area (Å²) in [4.78, 5) is 4.54. The van der Waals surface area contributed by atoms with E-state index in [2.05, 4.69) is 24.2 Å². The van der Waals surface area contributed by atoms with Gasteiger partial charge in [-0.15, -0.1) is 0 Å². The van der Waals surface area contributed by atoms with E-state index in [-0.39, 0.29) is 0 Å². The molecular formula is C11H20N2S. The Balaban J connectivity index is 1.67. The lowest BCUT2D eigenvalue weighted by Gasteiger charge is -2.25. The van der Waals surface area contributed by atoms with Crippen LogP contribution in [0.15, 0.2) is 4.99 Å². The number of nitrogens with one attached hydrogen (secondary N) is 1. The van der Waals surface area contributed by atoms with Crippen LogP contribution in [0.25, 0.3) is 0 Å². The fraction of sp³-hybridized carbons (Fsp3) is 0.909. The van der Waals surface area contributed by atoms with Crippen molar-refractivity contribution in [1.82, 2.24) is 5.32 Å². The minimum absolute atomic E-state index is 0.707. The molecule has 2 nitrogen and oxygen atoms in total. The zero-order valence-electron chi connectivity index (χ0n) is 9.12. The smallest absolute Gasteiger partial charge is 0.156 e. The van der Waals surface area contributed by atoms with Crippen LogP contribution in [0.5, 0.6) is 0 Å². The molecule has 0 aromatic heterocycles. The monoisotopic (exact) mass is 212 g/mol. The van der Waals surface area contributed by atoms with Gasteiger partial charge in [0.05, 0.1) is 6.54 Å². The minimum atomic E-state index is 0.707. The molecule has 1 N–H and O–H groups in total. The number of aliphatic imine (C=N–C) groups is 1. The lowest BCUT2D eigenvalue weighted by molar-refractivity contribution is 0.316. The van der Waals surface area contributed by atoms with Crippen molar-refractivity contribution in [3.63, 3.8) is 0 Å². The Morgan fingerprint density at radius 2 is 2.29 bits per heavy atom. The molecule has 2 rings (SSSR count). The molecule has 3 heteroatoms. The van der Waals surface area contributed by atoms with E-state index in [1.807, 2.05) is 11.8 Å². The van der Waals surface area contributed by atoms with Gasteiger partial charge in [-0.05, 0) is 24.7 Å². The maximum atomic E-state index is 4.54. The maximum absolute atomic E-state index is 4.54. The second-order valence-electron chi connectivity index (χ2n) is 4.72. The van der Waals surface area contributed by atoms with Crippen molar-refractivity contribution in [2.24, 2.45) is 16.8 Å². The molecule has 1 unspecified atom stereocenters. The lowest BCUT2D eigenvalue weighted by Crippen LogP contribution is -2.30. The predicted molar refractivity (Wildman–Crippen MR) is 63.9 cm³/mol. The van der Waals surface area contributed by atoms with Crippen molar-refractivity contribution in [3.05, 3.63) is 0 Å². The average Bonchev–Trinajstić information content (AvgIpc) is 2.50. The Kier molecular flexibility index (Phi) is 3.37. The van der Waals surface area contributed by atoms with Crippen LogP contribution in [0.3, 0.4) is 0 Å². The molecule has 0 saturated heterocycles. The third-order valence-electron chi connectivity index (χ3n) is 3.19. The van der Waals surface area contributed by atoms with E-state index in [0.717, 1.165) is 24.9 Å². The highest BCUT2D eigenvalue weighted by atomic mass is 32.2. The fourth-order valence-electron chi connectivity index (χ4n) is 1.76. The van der Waals surface area contributed by atoms with Gasteiger partial charge < -0.3 is 5.32 Å². The third kappa shape index (κ3) is 2.44. The summed E-state index contributed by atoms with van der Waals surface area (Å²) >= 11 is 1.93. The van der Waals surface area contributed by atoms with Gasteiger partial charge in [-0.1, -0.05) is 32.0 Å². The van der Waals surface area contributed by atoms with Gasteiger partial charge in [-0.2, -0.15) is 0 Å². The van der Waals surface area contributed by atoms with Crippen LogP contribution in [-0.2, 0) is 0 Å². The van der Waals surface area contributed by atoms with Gasteiger partial charge in [-0.25, -0.2) is 0 Å². The van der Waals surface area contributed by atoms with Gasteiger partial charge in [-0.3, -0.25) is 4.99 Å². The average molecular weight is 212 g/mol. The van der Waals surface area contributed by atoms with Crippen molar-refractivity contribution in [1.29, 1.82) is 0 Å². The van der Waals surface area contributed by atoms with Crippen LogP contribution in [0.2, 0.25) is 0 Å². The highest BCUT2D eigenvalue weighted by Gasteiger charge is 2.23. The van der Waals surface area contributed by atoms with Crippen LogP contribution in [0.1, 0.15) is 33.1 Å². The van der Waals surface area contributed by atoms with Crippen LogP contribution in [0, 0.1) is 11.8 Å². The molecule has 0 aromatic carbocycles. The second-order valence-corrected chi connectivity index (χ2v) is 5.95. The molecule has 1 fully saturated rings. The van der Waals surface area contributed by atoms with Gasteiger partial charge in [0.25, 0.3) is 0 Å². The van der Waals surface area contributed by atoms with Crippen LogP contribution in [0.4, 0.5) is 0 Å². The Bertz CT molecular complexity index is 221. The maximum Gasteiger partial charge on any atom is 0.156 e. The first kappa shape index (κ1) is 10.3. The lowest BCUT2D eigenvalue weighted by atomic mass is 9.86.